The second-order valence-electron chi connectivity index (χ2n) is 7.68. The van der Waals surface area contributed by atoms with Gasteiger partial charge in [-0.25, -0.2) is 4.68 Å². The van der Waals surface area contributed by atoms with Crippen LogP contribution in [0.2, 0.25) is 0 Å². The van der Waals surface area contributed by atoms with E-state index < -0.39 is 0 Å². The highest BCUT2D eigenvalue weighted by atomic mass is 32.1. The van der Waals surface area contributed by atoms with Crippen LogP contribution in [-0.4, -0.2) is 38.2 Å². The molecule has 1 fully saturated rings. The molecule has 1 atom stereocenters. The van der Waals surface area contributed by atoms with E-state index in [1.165, 1.54) is 11.1 Å². The minimum atomic E-state index is -0.229. The Bertz CT molecular complexity index is 1100. The van der Waals surface area contributed by atoms with Crippen LogP contribution in [0, 0.1) is 4.77 Å². The van der Waals surface area contributed by atoms with Gasteiger partial charge in [-0.2, -0.15) is 0 Å². The normalized spacial score (nSPS) is 19.1. The lowest BCUT2D eigenvalue weighted by Crippen LogP contribution is -2.50. The number of hydrogen-bond acceptors (Lipinski definition) is 5. The van der Waals surface area contributed by atoms with Gasteiger partial charge in [0.25, 0.3) is 0 Å². The third kappa shape index (κ3) is 3.45. The molecule has 0 bridgehead atoms. The molecule has 3 heterocycles. The van der Waals surface area contributed by atoms with Gasteiger partial charge < -0.3 is 5.32 Å². The van der Waals surface area contributed by atoms with Gasteiger partial charge in [-0.05, 0) is 54.1 Å². The molecule has 0 saturated heterocycles. The first-order valence-corrected chi connectivity index (χ1v) is 11.2. The van der Waals surface area contributed by atoms with Crippen LogP contribution in [0.1, 0.15) is 30.0 Å². The molecule has 2 aliphatic rings. The summed E-state index contributed by atoms with van der Waals surface area (Å²) in [6.45, 7) is 1.21. The lowest BCUT2D eigenvalue weighted by atomic mass is 9.94. The summed E-state index contributed by atoms with van der Waals surface area (Å²) in [5, 5.41) is 9.79. The molecule has 29 heavy (non-hydrogen) atoms. The van der Waals surface area contributed by atoms with E-state index in [1.807, 2.05) is 16.8 Å². The number of benzene rings is 1. The second-order valence-corrected chi connectivity index (χ2v) is 8.99. The maximum absolute atomic E-state index is 12.6. The molecule has 1 N–H and O–H groups in total. The van der Waals surface area contributed by atoms with Crippen LogP contribution < -0.4 is 5.32 Å². The predicted octanol–water partition coefficient (Wildman–Crippen LogP) is 3.61. The minimum absolute atomic E-state index is 0.0335. The lowest BCUT2D eigenvalue weighted by Gasteiger charge is -2.35. The van der Waals surface area contributed by atoms with Crippen molar-refractivity contribution in [2.24, 2.45) is 0 Å². The van der Waals surface area contributed by atoms with Gasteiger partial charge in [-0.1, -0.05) is 30.3 Å². The van der Waals surface area contributed by atoms with Gasteiger partial charge in [0.15, 0.2) is 10.6 Å². The summed E-state index contributed by atoms with van der Waals surface area (Å²) < 4.78 is 4.84. The first-order chi connectivity index (χ1) is 14.2. The van der Waals surface area contributed by atoms with Crippen molar-refractivity contribution in [3.63, 3.8) is 0 Å². The van der Waals surface area contributed by atoms with Crippen LogP contribution in [0.25, 0.3) is 10.7 Å². The average Bonchev–Trinajstić information content (AvgIpc) is 3.32. The van der Waals surface area contributed by atoms with Crippen LogP contribution in [0.4, 0.5) is 0 Å². The van der Waals surface area contributed by atoms with Crippen molar-refractivity contribution in [2.45, 2.75) is 44.6 Å². The summed E-state index contributed by atoms with van der Waals surface area (Å²) in [5.41, 5.74) is 2.50. The Morgan fingerprint density at radius 3 is 2.72 bits per heavy atom. The number of rotatable bonds is 5. The minimum Gasteiger partial charge on any atom is -0.358 e. The number of hydrogen-bond donors (Lipinski definition) is 1. The van der Waals surface area contributed by atoms with E-state index in [9.17, 15) is 4.79 Å². The van der Waals surface area contributed by atoms with Gasteiger partial charge in [0.2, 0.25) is 5.91 Å². The van der Waals surface area contributed by atoms with Crippen molar-refractivity contribution in [3.8, 4) is 10.7 Å². The zero-order chi connectivity index (χ0) is 20.0. The second kappa shape index (κ2) is 7.51. The molecule has 1 aliphatic carbocycles. The summed E-state index contributed by atoms with van der Waals surface area (Å²) in [7, 11) is 1.70. The van der Waals surface area contributed by atoms with Crippen molar-refractivity contribution in [2.75, 3.05) is 7.05 Å². The summed E-state index contributed by atoms with van der Waals surface area (Å²) >= 11 is 7.51. The number of nitrogens with zero attached hydrogens (tertiary/aromatic N) is 4. The highest BCUT2D eigenvalue weighted by Gasteiger charge is 2.33. The van der Waals surface area contributed by atoms with E-state index >= 15 is 0 Å². The van der Waals surface area contributed by atoms with Gasteiger partial charge in [-0.3, -0.25) is 14.3 Å². The zero-order valence-electron chi connectivity index (χ0n) is 16.2. The van der Waals surface area contributed by atoms with Crippen molar-refractivity contribution in [1.29, 1.82) is 0 Å². The molecule has 1 amide bonds. The van der Waals surface area contributed by atoms with E-state index in [0.717, 1.165) is 28.3 Å². The monoisotopic (exact) mass is 425 g/mol. The van der Waals surface area contributed by atoms with Crippen molar-refractivity contribution in [3.05, 3.63) is 57.7 Å². The molecule has 0 spiro atoms. The van der Waals surface area contributed by atoms with Gasteiger partial charge >= 0.3 is 0 Å². The number of aromatic nitrogens is 3. The molecule has 150 valence electrons. The summed E-state index contributed by atoms with van der Waals surface area (Å²) in [6.07, 6.45) is 3.00. The average molecular weight is 426 g/mol. The number of carbonyl (C=O) groups is 1. The predicted molar refractivity (Wildman–Crippen MR) is 116 cm³/mol. The molecule has 1 aromatic carbocycles. The quantitative estimate of drug-likeness (QED) is 0.635. The molecule has 2 aromatic heterocycles. The Labute approximate surface area is 178 Å². The first kappa shape index (κ1) is 18.7. The van der Waals surface area contributed by atoms with Crippen molar-refractivity contribution in [1.82, 2.24) is 24.6 Å². The number of nitrogens with one attached hydrogen (secondary N) is 1. The number of amides is 1. The molecule has 8 heteroatoms. The molecular formula is C21H23N5OS2. The highest BCUT2D eigenvalue weighted by molar-refractivity contribution is 7.71. The van der Waals surface area contributed by atoms with Crippen LogP contribution in [0.3, 0.4) is 0 Å². The Hall–Kier alpha value is -2.29. The van der Waals surface area contributed by atoms with Crippen molar-refractivity contribution < 1.29 is 4.79 Å². The fraction of sp³-hybridized carbons (Fsp3) is 0.381. The standard InChI is InChI=1S/C21H23N5OS2/c1-22-20(27)17-11-14-5-2-3-6-15(14)12-24(17)13-25-21(28)26(16-8-9-16)19(23-25)18-7-4-10-29-18/h2-7,10,16-17H,8-9,11-13H2,1H3,(H,22,27)/t17-/m0/s1. The zero-order valence-corrected chi connectivity index (χ0v) is 17.9. The van der Waals surface area contributed by atoms with E-state index in [-0.39, 0.29) is 11.9 Å². The van der Waals surface area contributed by atoms with E-state index in [1.54, 1.807) is 18.4 Å². The Morgan fingerprint density at radius 1 is 1.24 bits per heavy atom. The number of thiophene rings is 1. The van der Waals surface area contributed by atoms with Gasteiger partial charge in [0.05, 0.1) is 17.6 Å². The van der Waals surface area contributed by atoms with Crippen LogP contribution >= 0.6 is 23.6 Å². The Morgan fingerprint density at radius 2 is 2.03 bits per heavy atom. The SMILES string of the molecule is CNC(=O)[C@@H]1Cc2ccccc2CN1Cn1nc(-c2cccs2)n(C2CC2)c1=S. The molecule has 5 rings (SSSR count). The third-order valence-electron chi connectivity index (χ3n) is 5.73. The van der Waals surface area contributed by atoms with Gasteiger partial charge in [0, 0.05) is 19.6 Å². The molecule has 0 unspecified atom stereocenters. The third-order valence-corrected chi connectivity index (χ3v) is 7.01. The number of fused-ring (bicyclic) bond motifs is 1. The molecule has 6 nitrogen and oxygen atoms in total. The van der Waals surface area contributed by atoms with Crippen LogP contribution in [0.5, 0.6) is 0 Å². The lowest BCUT2D eigenvalue weighted by molar-refractivity contribution is -0.127. The Kier molecular flexibility index (Phi) is 4.85. The smallest absolute Gasteiger partial charge is 0.237 e. The first-order valence-electron chi connectivity index (χ1n) is 9.91. The highest BCUT2D eigenvalue weighted by Crippen LogP contribution is 2.39. The van der Waals surface area contributed by atoms with Crippen molar-refractivity contribution >= 4 is 29.5 Å². The van der Waals surface area contributed by atoms with Gasteiger partial charge in [0.1, 0.15) is 0 Å². The molecule has 1 saturated carbocycles. The van der Waals surface area contributed by atoms with Crippen LogP contribution in [-0.2, 0) is 24.4 Å². The number of likely N-dealkylation sites (N-methyl/N-ethyl adjacent to an activating group) is 1. The molecule has 3 aromatic rings. The fourth-order valence-corrected chi connectivity index (χ4v) is 5.11. The summed E-state index contributed by atoms with van der Waals surface area (Å²) in [5.74, 6) is 0.979. The van der Waals surface area contributed by atoms with Gasteiger partial charge in [-0.15, -0.1) is 16.4 Å². The van der Waals surface area contributed by atoms with E-state index in [0.29, 0.717) is 25.7 Å². The maximum Gasteiger partial charge on any atom is 0.237 e. The van der Waals surface area contributed by atoms with E-state index in [2.05, 4.69) is 44.4 Å². The molecular weight excluding hydrogens is 402 g/mol. The maximum atomic E-state index is 12.6. The van der Waals surface area contributed by atoms with Crippen LogP contribution in [0.15, 0.2) is 41.8 Å². The Balaban J connectivity index is 1.51. The molecule has 1 aliphatic heterocycles. The summed E-state index contributed by atoms with van der Waals surface area (Å²) in [6, 6.07) is 12.7. The summed E-state index contributed by atoms with van der Waals surface area (Å²) in [4.78, 5) is 15.9. The number of carbonyl (C=O) groups excluding carboxylic acids is 1. The van der Waals surface area contributed by atoms with E-state index in [4.69, 9.17) is 17.3 Å². The molecule has 0 radical (unpaired) electrons. The topological polar surface area (TPSA) is 55.1 Å². The fourth-order valence-electron chi connectivity index (χ4n) is 4.07. The largest absolute Gasteiger partial charge is 0.358 e.